The maximum absolute atomic E-state index is 11.6. The smallest absolute Gasteiger partial charge is 0.217 e. The number of nitrogens with zero attached hydrogens (tertiary/aromatic N) is 2. The Morgan fingerprint density at radius 3 is 2.30 bits per heavy atom. The molecular formula is C22H26N2O3. The van der Waals surface area contributed by atoms with Gasteiger partial charge in [-0.05, 0) is 17.2 Å². The number of allylic oxidation sites excluding steroid dienone is 1. The highest BCUT2D eigenvalue weighted by atomic mass is 16.6. The van der Waals surface area contributed by atoms with E-state index >= 15 is 0 Å². The van der Waals surface area contributed by atoms with Gasteiger partial charge < -0.3 is 9.64 Å². The van der Waals surface area contributed by atoms with Gasteiger partial charge in [-0.3, -0.25) is 10.1 Å². The van der Waals surface area contributed by atoms with Gasteiger partial charge in [0, 0.05) is 37.1 Å². The van der Waals surface area contributed by atoms with Crippen LogP contribution in [0.3, 0.4) is 0 Å². The highest BCUT2D eigenvalue weighted by Gasteiger charge is 2.30. The van der Waals surface area contributed by atoms with Crippen LogP contribution < -0.4 is 0 Å². The van der Waals surface area contributed by atoms with E-state index in [0.717, 1.165) is 29.9 Å². The highest BCUT2D eigenvalue weighted by molar-refractivity contribution is 5.52. The maximum atomic E-state index is 11.6. The normalized spacial score (nSPS) is 17.4. The summed E-state index contributed by atoms with van der Waals surface area (Å²) in [6.45, 7) is 4.71. The SMILES string of the molecule is CC(C(C/C(=C\c1ccccc1)N1CCOCC1)c1ccccc1)[N+](=O)[O-]. The fourth-order valence-electron chi connectivity index (χ4n) is 3.51. The van der Waals surface area contributed by atoms with E-state index in [-0.39, 0.29) is 10.8 Å². The molecule has 27 heavy (non-hydrogen) atoms. The molecule has 3 rings (SSSR count). The quantitative estimate of drug-likeness (QED) is 0.544. The molecule has 0 saturated carbocycles. The molecule has 5 nitrogen and oxygen atoms in total. The van der Waals surface area contributed by atoms with Crippen LogP contribution in [-0.4, -0.2) is 42.2 Å². The predicted molar refractivity (Wildman–Crippen MR) is 107 cm³/mol. The van der Waals surface area contributed by atoms with Crippen LogP contribution in [0.4, 0.5) is 0 Å². The van der Waals surface area contributed by atoms with Crippen LogP contribution in [0.25, 0.3) is 6.08 Å². The minimum absolute atomic E-state index is 0.170. The molecule has 5 heteroatoms. The molecule has 1 aliphatic heterocycles. The molecule has 2 aromatic carbocycles. The van der Waals surface area contributed by atoms with Gasteiger partial charge in [0.25, 0.3) is 0 Å². The Hall–Kier alpha value is -2.66. The lowest BCUT2D eigenvalue weighted by Gasteiger charge is -2.33. The average Bonchev–Trinajstić information content (AvgIpc) is 2.72. The molecule has 1 fully saturated rings. The zero-order valence-electron chi connectivity index (χ0n) is 15.7. The molecule has 1 aliphatic rings. The van der Waals surface area contributed by atoms with Crippen molar-refractivity contribution >= 4 is 6.08 Å². The summed E-state index contributed by atoms with van der Waals surface area (Å²) < 4.78 is 5.50. The van der Waals surface area contributed by atoms with Crippen molar-refractivity contribution < 1.29 is 9.66 Å². The molecule has 0 N–H and O–H groups in total. The van der Waals surface area contributed by atoms with E-state index in [2.05, 4.69) is 23.1 Å². The monoisotopic (exact) mass is 366 g/mol. The Morgan fingerprint density at radius 1 is 1.11 bits per heavy atom. The Morgan fingerprint density at radius 2 is 1.70 bits per heavy atom. The molecule has 2 aromatic rings. The molecule has 142 valence electrons. The zero-order chi connectivity index (χ0) is 19.1. The van der Waals surface area contributed by atoms with E-state index < -0.39 is 6.04 Å². The first kappa shape index (κ1) is 19.1. The fourth-order valence-corrected chi connectivity index (χ4v) is 3.51. The summed E-state index contributed by atoms with van der Waals surface area (Å²) in [4.78, 5) is 13.7. The molecule has 0 spiro atoms. The largest absolute Gasteiger partial charge is 0.378 e. The summed E-state index contributed by atoms with van der Waals surface area (Å²) in [5, 5.41) is 11.6. The van der Waals surface area contributed by atoms with Crippen LogP contribution in [0.15, 0.2) is 66.4 Å². The van der Waals surface area contributed by atoms with Gasteiger partial charge in [-0.15, -0.1) is 0 Å². The van der Waals surface area contributed by atoms with Crippen LogP contribution in [0.5, 0.6) is 0 Å². The summed E-state index contributed by atoms with van der Waals surface area (Å²) >= 11 is 0. The van der Waals surface area contributed by atoms with Crippen molar-refractivity contribution in [2.75, 3.05) is 26.3 Å². The number of ether oxygens (including phenoxy) is 1. The van der Waals surface area contributed by atoms with Crippen molar-refractivity contribution in [1.29, 1.82) is 0 Å². The molecule has 2 unspecified atom stereocenters. The van der Waals surface area contributed by atoms with E-state index in [9.17, 15) is 10.1 Å². The predicted octanol–water partition coefficient (Wildman–Crippen LogP) is 4.20. The number of morpholine rings is 1. The van der Waals surface area contributed by atoms with Gasteiger partial charge >= 0.3 is 0 Å². The van der Waals surface area contributed by atoms with Crippen molar-refractivity contribution in [3.63, 3.8) is 0 Å². The first-order chi connectivity index (χ1) is 13.1. The van der Waals surface area contributed by atoms with Gasteiger partial charge in [0.15, 0.2) is 0 Å². The second-order valence-corrected chi connectivity index (χ2v) is 6.89. The second kappa shape index (κ2) is 9.33. The van der Waals surface area contributed by atoms with Gasteiger partial charge in [-0.2, -0.15) is 0 Å². The number of nitro groups is 1. The van der Waals surface area contributed by atoms with Crippen molar-refractivity contribution in [1.82, 2.24) is 4.90 Å². The first-order valence-corrected chi connectivity index (χ1v) is 9.42. The van der Waals surface area contributed by atoms with Crippen molar-refractivity contribution in [2.45, 2.75) is 25.3 Å². The lowest BCUT2D eigenvalue weighted by Crippen LogP contribution is -2.37. The maximum Gasteiger partial charge on any atom is 0.217 e. The number of rotatable bonds is 7. The van der Waals surface area contributed by atoms with E-state index in [0.29, 0.717) is 19.6 Å². The van der Waals surface area contributed by atoms with Crippen LogP contribution in [0.1, 0.15) is 30.4 Å². The summed E-state index contributed by atoms with van der Waals surface area (Å²) in [5.74, 6) is -0.181. The highest BCUT2D eigenvalue weighted by Crippen LogP contribution is 2.31. The molecule has 0 radical (unpaired) electrons. The lowest BCUT2D eigenvalue weighted by molar-refractivity contribution is -0.522. The minimum atomic E-state index is -0.660. The Labute approximate surface area is 160 Å². The van der Waals surface area contributed by atoms with E-state index in [4.69, 9.17) is 4.74 Å². The molecule has 0 aliphatic carbocycles. The van der Waals surface area contributed by atoms with Crippen LogP contribution in [0, 0.1) is 10.1 Å². The standard InChI is InChI=1S/C22H26N2O3/c1-18(24(25)26)22(20-10-6-3-7-11-20)17-21(23-12-14-27-15-13-23)16-19-8-4-2-5-9-19/h2-11,16,18,22H,12-15,17H2,1H3/b21-16+. The van der Waals surface area contributed by atoms with Crippen molar-refractivity contribution in [3.05, 3.63) is 87.6 Å². The molecule has 0 bridgehead atoms. The molecule has 0 aromatic heterocycles. The number of benzene rings is 2. The van der Waals surface area contributed by atoms with Crippen molar-refractivity contribution in [2.24, 2.45) is 0 Å². The molecule has 0 amide bonds. The Balaban J connectivity index is 1.94. The summed E-state index contributed by atoms with van der Waals surface area (Å²) in [6, 6.07) is 19.3. The van der Waals surface area contributed by atoms with Crippen LogP contribution in [0.2, 0.25) is 0 Å². The Kier molecular flexibility index (Phi) is 6.60. The van der Waals surface area contributed by atoms with E-state index in [1.165, 1.54) is 0 Å². The lowest BCUT2D eigenvalue weighted by atomic mass is 9.87. The van der Waals surface area contributed by atoms with Crippen LogP contribution >= 0.6 is 0 Å². The third-order valence-corrected chi connectivity index (χ3v) is 5.12. The second-order valence-electron chi connectivity index (χ2n) is 6.89. The first-order valence-electron chi connectivity index (χ1n) is 9.42. The molecule has 1 saturated heterocycles. The van der Waals surface area contributed by atoms with Gasteiger partial charge in [0.2, 0.25) is 6.04 Å². The summed E-state index contributed by atoms with van der Waals surface area (Å²) in [7, 11) is 0. The summed E-state index contributed by atoms with van der Waals surface area (Å²) in [5.41, 5.74) is 3.25. The van der Waals surface area contributed by atoms with Gasteiger partial charge in [0.05, 0.1) is 19.1 Å². The molecule has 2 atom stereocenters. The van der Waals surface area contributed by atoms with Crippen LogP contribution in [-0.2, 0) is 4.74 Å². The van der Waals surface area contributed by atoms with E-state index in [1.54, 1.807) is 6.92 Å². The third kappa shape index (κ3) is 5.17. The van der Waals surface area contributed by atoms with E-state index in [1.807, 2.05) is 48.5 Å². The molecular weight excluding hydrogens is 340 g/mol. The summed E-state index contributed by atoms with van der Waals surface area (Å²) in [6.07, 6.45) is 2.79. The number of hydrogen-bond donors (Lipinski definition) is 0. The topological polar surface area (TPSA) is 55.6 Å². The zero-order valence-corrected chi connectivity index (χ0v) is 15.7. The third-order valence-electron chi connectivity index (χ3n) is 5.12. The number of hydrogen-bond acceptors (Lipinski definition) is 4. The Bertz CT molecular complexity index is 756. The average molecular weight is 366 g/mol. The van der Waals surface area contributed by atoms with Gasteiger partial charge in [0.1, 0.15) is 0 Å². The van der Waals surface area contributed by atoms with Crippen molar-refractivity contribution in [3.8, 4) is 0 Å². The fraction of sp³-hybridized carbons (Fsp3) is 0.364. The minimum Gasteiger partial charge on any atom is -0.378 e. The van der Waals surface area contributed by atoms with Gasteiger partial charge in [-0.1, -0.05) is 60.7 Å². The molecule has 1 heterocycles. The van der Waals surface area contributed by atoms with Gasteiger partial charge in [-0.25, -0.2) is 0 Å².